The number of hydrogen-bond donors (Lipinski definition) is 0. The van der Waals surface area contributed by atoms with Crippen molar-refractivity contribution < 1.29 is 0 Å². The van der Waals surface area contributed by atoms with Crippen LogP contribution >= 0.6 is 22.6 Å². The molecule has 1 aromatic rings. The summed E-state index contributed by atoms with van der Waals surface area (Å²) >= 11 is 2.36. The van der Waals surface area contributed by atoms with Gasteiger partial charge in [-0.3, -0.25) is 0 Å². The molecular weight excluding hydrogens is 271 g/mol. The zero-order valence-electron chi connectivity index (χ0n) is 8.13. The normalized spacial score (nSPS) is 14.2. The zero-order chi connectivity index (χ0) is 9.68. The molecule has 0 aliphatic heterocycles. The Morgan fingerprint density at radius 3 is 2.54 bits per heavy atom. The van der Waals surface area contributed by atoms with Crippen molar-refractivity contribution in [2.75, 3.05) is 0 Å². The lowest BCUT2D eigenvalue weighted by molar-refractivity contribution is 0.722. The minimum absolute atomic E-state index is 0.638. The summed E-state index contributed by atoms with van der Waals surface area (Å²) < 4.78 is 1.38. The molecule has 0 saturated heterocycles. The summed E-state index contributed by atoms with van der Waals surface area (Å²) in [6.45, 7) is 4.40. The molecular formula is C12H15I. The maximum Gasteiger partial charge on any atom is -0.0162 e. The van der Waals surface area contributed by atoms with Gasteiger partial charge in [0.1, 0.15) is 0 Å². The van der Waals surface area contributed by atoms with Crippen LogP contribution in [0.2, 0.25) is 0 Å². The molecule has 1 heteroatoms. The first-order valence-corrected chi connectivity index (χ1v) is 5.64. The summed E-state index contributed by atoms with van der Waals surface area (Å²) in [6, 6.07) is 10.6. The minimum atomic E-state index is 0.638. The topological polar surface area (TPSA) is 0 Å². The molecule has 70 valence electrons. The van der Waals surface area contributed by atoms with Gasteiger partial charge in [0.15, 0.2) is 0 Å². The van der Waals surface area contributed by atoms with E-state index >= 15 is 0 Å². The van der Waals surface area contributed by atoms with Gasteiger partial charge in [0.25, 0.3) is 0 Å². The summed E-state index contributed by atoms with van der Waals surface area (Å²) in [6.07, 6.45) is 3.45. The highest BCUT2D eigenvalue weighted by Gasteiger charge is 1.99. The van der Waals surface area contributed by atoms with Crippen LogP contribution < -0.4 is 0 Å². The Morgan fingerprint density at radius 1 is 1.38 bits per heavy atom. The Labute approximate surface area is 94.2 Å². The number of rotatable bonds is 3. The highest BCUT2D eigenvalue weighted by molar-refractivity contribution is 14.1. The lowest BCUT2D eigenvalue weighted by atomic mass is 10.0. The Kier molecular flexibility index (Phi) is 4.50. The quantitative estimate of drug-likeness (QED) is 0.730. The molecule has 1 aromatic carbocycles. The summed E-state index contributed by atoms with van der Waals surface area (Å²) in [4.78, 5) is 0. The molecule has 0 N–H and O–H groups in total. The largest absolute Gasteiger partial charge is 0.0723 e. The van der Waals surface area contributed by atoms with Gasteiger partial charge in [-0.15, -0.1) is 0 Å². The lowest BCUT2D eigenvalue weighted by Gasteiger charge is -2.06. The van der Waals surface area contributed by atoms with Crippen LogP contribution in [0.5, 0.6) is 0 Å². The molecule has 0 aliphatic carbocycles. The fraction of sp³-hybridized carbons (Fsp3) is 0.333. The van der Waals surface area contributed by atoms with Crippen molar-refractivity contribution in [3.05, 3.63) is 45.6 Å². The molecule has 1 rings (SSSR count). The van der Waals surface area contributed by atoms with Crippen molar-refractivity contribution >= 4 is 22.6 Å². The van der Waals surface area contributed by atoms with Crippen LogP contribution in [0.3, 0.4) is 0 Å². The Bertz CT molecular complexity index is 270. The maximum absolute atomic E-state index is 2.36. The van der Waals surface area contributed by atoms with Gasteiger partial charge >= 0.3 is 0 Å². The van der Waals surface area contributed by atoms with E-state index in [0.29, 0.717) is 5.92 Å². The summed E-state index contributed by atoms with van der Waals surface area (Å²) in [5, 5.41) is 0. The summed E-state index contributed by atoms with van der Waals surface area (Å²) in [5.41, 5.74) is 1.42. The molecule has 0 aliphatic rings. The number of halogens is 1. The van der Waals surface area contributed by atoms with Gasteiger partial charge in [0, 0.05) is 0 Å². The first-order chi connectivity index (χ1) is 6.18. The molecule has 0 fully saturated rings. The predicted molar refractivity (Wildman–Crippen MR) is 67.1 cm³/mol. The van der Waals surface area contributed by atoms with Crippen LogP contribution in [0.15, 0.2) is 40.0 Å². The second kappa shape index (κ2) is 5.43. The standard InChI is InChI=1S/C12H15I/c1-10(8-11(2)13)9-12-6-4-3-5-7-12/h3-8,10H,9H2,1-2H3/b11-8+/t10-/m0/s1. The van der Waals surface area contributed by atoms with Crippen molar-refractivity contribution in [2.24, 2.45) is 5.92 Å². The van der Waals surface area contributed by atoms with E-state index in [4.69, 9.17) is 0 Å². The van der Waals surface area contributed by atoms with Crippen molar-refractivity contribution in [3.8, 4) is 0 Å². The molecule has 0 nitrogen and oxygen atoms in total. The van der Waals surface area contributed by atoms with Gasteiger partial charge in [-0.05, 0) is 51.0 Å². The first kappa shape index (κ1) is 10.8. The molecule has 0 radical (unpaired) electrons. The van der Waals surface area contributed by atoms with Crippen LogP contribution in [0.4, 0.5) is 0 Å². The molecule has 0 spiro atoms. The van der Waals surface area contributed by atoms with Crippen LogP contribution in [-0.4, -0.2) is 0 Å². The average molecular weight is 286 g/mol. The van der Waals surface area contributed by atoms with E-state index in [2.05, 4.69) is 72.8 Å². The van der Waals surface area contributed by atoms with E-state index in [-0.39, 0.29) is 0 Å². The van der Waals surface area contributed by atoms with Gasteiger partial charge in [-0.1, -0.05) is 43.3 Å². The smallest absolute Gasteiger partial charge is 0.0162 e. The van der Waals surface area contributed by atoms with E-state index < -0.39 is 0 Å². The van der Waals surface area contributed by atoms with Gasteiger partial charge in [0.2, 0.25) is 0 Å². The van der Waals surface area contributed by atoms with Gasteiger partial charge < -0.3 is 0 Å². The Morgan fingerprint density at radius 2 is 2.00 bits per heavy atom. The minimum Gasteiger partial charge on any atom is -0.0723 e. The van der Waals surface area contributed by atoms with Crippen molar-refractivity contribution in [3.63, 3.8) is 0 Å². The fourth-order valence-electron chi connectivity index (χ4n) is 1.44. The average Bonchev–Trinajstić information content (AvgIpc) is 2.04. The molecule has 1 atom stereocenters. The van der Waals surface area contributed by atoms with Crippen LogP contribution in [0, 0.1) is 5.92 Å². The van der Waals surface area contributed by atoms with Crippen molar-refractivity contribution in [1.29, 1.82) is 0 Å². The maximum atomic E-state index is 2.36. The number of hydrogen-bond acceptors (Lipinski definition) is 0. The second-order valence-corrected chi connectivity index (χ2v) is 5.12. The summed E-state index contributed by atoms with van der Waals surface area (Å²) in [5.74, 6) is 0.638. The molecule has 0 bridgehead atoms. The van der Waals surface area contributed by atoms with E-state index in [0.717, 1.165) is 6.42 Å². The molecule has 0 saturated carbocycles. The highest BCUT2D eigenvalue weighted by atomic mass is 127. The fourth-order valence-corrected chi connectivity index (χ4v) is 2.05. The third-order valence-corrected chi connectivity index (χ3v) is 2.27. The molecule has 0 aromatic heterocycles. The molecule has 0 heterocycles. The molecule has 0 amide bonds. The Hall–Kier alpha value is -0.310. The second-order valence-electron chi connectivity index (χ2n) is 3.42. The van der Waals surface area contributed by atoms with Crippen molar-refractivity contribution in [1.82, 2.24) is 0 Å². The summed E-state index contributed by atoms with van der Waals surface area (Å²) in [7, 11) is 0. The van der Waals surface area contributed by atoms with E-state index in [1.54, 1.807) is 0 Å². The SMILES string of the molecule is C/C(I)=C\[C@H](C)Cc1ccccc1. The van der Waals surface area contributed by atoms with Gasteiger partial charge in [-0.2, -0.15) is 0 Å². The third-order valence-electron chi connectivity index (χ3n) is 1.91. The van der Waals surface area contributed by atoms with Crippen LogP contribution in [-0.2, 0) is 6.42 Å². The highest BCUT2D eigenvalue weighted by Crippen LogP contribution is 2.14. The van der Waals surface area contributed by atoms with E-state index in [1.165, 1.54) is 9.14 Å². The third kappa shape index (κ3) is 4.46. The van der Waals surface area contributed by atoms with Crippen molar-refractivity contribution in [2.45, 2.75) is 20.3 Å². The molecule has 0 unspecified atom stereocenters. The lowest BCUT2D eigenvalue weighted by Crippen LogP contribution is -1.95. The number of allylic oxidation sites excluding steroid dienone is 2. The van der Waals surface area contributed by atoms with Crippen LogP contribution in [0.1, 0.15) is 19.4 Å². The van der Waals surface area contributed by atoms with E-state index in [9.17, 15) is 0 Å². The Balaban J connectivity index is 2.55. The van der Waals surface area contributed by atoms with Crippen LogP contribution in [0.25, 0.3) is 0 Å². The zero-order valence-corrected chi connectivity index (χ0v) is 10.3. The molecule has 13 heavy (non-hydrogen) atoms. The number of benzene rings is 1. The predicted octanol–water partition coefficient (Wildman–Crippen LogP) is 4.20. The monoisotopic (exact) mass is 286 g/mol. The first-order valence-electron chi connectivity index (χ1n) is 4.56. The van der Waals surface area contributed by atoms with Gasteiger partial charge in [-0.25, -0.2) is 0 Å². The van der Waals surface area contributed by atoms with E-state index in [1.807, 2.05) is 0 Å². The van der Waals surface area contributed by atoms with Gasteiger partial charge in [0.05, 0.1) is 0 Å².